The molecule has 0 aliphatic rings. The molecule has 0 bridgehead atoms. The zero-order valence-corrected chi connectivity index (χ0v) is 11.9. The summed E-state index contributed by atoms with van der Waals surface area (Å²) < 4.78 is 4.85. The largest absolute Gasteiger partial charge is 1.00 e. The Hall–Kier alpha value is -2.10. The molecule has 0 heterocycles. The van der Waals surface area contributed by atoms with Crippen LogP contribution in [-0.4, -0.2) is 13.1 Å². The van der Waals surface area contributed by atoms with Gasteiger partial charge in [-0.1, -0.05) is 42.5 Å². The lowest BCUT2D eigenvalue weighted by Crippen LogP contribution is -3.00. The number of hydrogen-bond donors (Lipinski definition) is 1. The van der Waals surface area contributed by atoms with E-state index in [0.29, 0.717) is 5.57 Å². The first-order valence-corrected chi connectivity index (χ1v) is 5.99. The quantitative estimate of drug-likeness (QED) is 0.461. The van der Waals surface area contributed by atoms with E-state index in [9.17, 15) is 4.79 Å². The lowest BCUT2D eigenvalue weighted by molar-refractivity contribution is -0.255. The first-order valence-electron chi connectivity index (χ1n) is 5.99. The Morgan fingerprint density at radius 2 is 1.65 bits per heavy atom. The summed E-state index contributed by atoms with van der Waals surface area (Å²) in [5, 5.41) is 0. The summed E-state index contributed by atoms with van der Waals surface area (Å²) in [5.74, 6) is -0.352. The molecule has 0 saturated carbocycles. The zero-order chi connectivity index (χ0) is 13.7. The molecule has 0 aliphatic heterocycles. The molecule has 0 radical (unpaired) electrons. The molecule has 0 fully saturated rings. The van der Waals surface area contributed by atoms with Gasteiger partial charge in [-0.25, -0.2) is 4.79 Å². The van der Waals surface area contributed by atoms with Crippen LogP contribution in [0.4, 0.5) is 5.69 Å². The van der Waals surface area contributed by atoms with Crippen LogP contribution >= 0.6 is 0 Å². The molecule has 20 heavy (non-hydrogen) atoms. The van der Waals surface area contributed by atoms with Gasteiger partial charge in [0, 0.05) is 5.56 Å². The van der Waals surface area contributed by atoms with Crippen LogP contribution in [0.25, 0.3) is 11.6 Å². The Balaban J connectivity index is 0.00000200. The van der Waals surface area contributed by atoms with Gasteiger partial charge in [0.25, 0.3) is 0 Å². The minimum atomic E-state index is -0.352. The number of halogens is 1. The second kappa shape index (κ2) is 7.48. The van der Waals surface area contributed by atoms with Crippen molar-refractivity contribution in [2.45, 2.75) is 0 Å². The summed E-state index contributed by atoms with van der Waals surface area (Å²) in [7, 11) is 1.38. The molecule has 2 aromatic carbocycles. The van der Waals surface area contributed by atoms with Crippen LogP contribution in [0.2, 0.25) is 0 Å². The number of esters is 1. The fourth-order valence-corrected chi connectivity index (χ4v) is 1.82. The summed E-state index contributed by atoms with van der Waals surface area (Å²) in [6.45, 7) is 0. The first kappa shape index (κ1) is 16.0. The van der Waals surface area contributed by atoms with Crippen molar-refractivity contribution >= 4 is 23.3 Å². The predicted octanol–water partition coefficient (Wildman–Crippen LogP) is -0.722. The minimum absolute atomic E-state index is 0. The van der Waals surface area contributed by atoms with Crippen molar-refractivity contribution < 1.29 is 27.7 Å². The maximum Gasteiger partial charge on any atom is 0.338 e. The molecule has 0 amide bonds. The lowest BCUT2D eigenvalue weighted by atomic mass is 10.0. The van der Waals surface area contributed by atoms with E-state index in [-0.39, 0.29) is 18.4 Å². The number of carbonyl (C=O) groups excluding carboxylic acids is 1. The third-order valence-electron chi connectivity index (χ3n) is 2.85. The fourth-order valence-electron chi connectivity index (χ4n) is 1.82. The topological polar surface area (TPSA) is 53.9 Å². The Kier molecular flexibility index (Phi) is 5.97. The average molecular weight is 290 g/mol. The normalized spacial score (nSPS) is 10.6. The number of quaternary nitrogens is 1. The number of rotatable bonds is 3. The van der Waals surface area contributed by atoms with Crippen LogP contribution in [0.5, 0.6) is 0 Å². The molecular weight excluding hydrogens is 274 g/mol. The van der Waals surface area contributed by atoms with Crippen LogP contribution in [0.1, 0.15) is 11.1 Å². The van der Waals surface area contributed by atoms with Crippen molar-refractivity contribution in [2.24, 2.45) is 0 Å². The van der Waals surface area contributed by atoms with Gasteiger partial charge in [0.05, 0.1) is 12.7 Å². The van der Waals surface area contributed by atoms with Gasteiger partial charge in [-0.05, 0) is 23.8 Å². The summed E-state index contributed by atoms with van der Waals surface area (Å²) in [4.78, 5) is 11.9. The summed E-state index contributed by atoms with van der Waals surface area (Å²) in [5.41, 5.74) is 7.10. The van der Waals surface area contributed by atoms with Crippen molar-refractivity contribution in [1.82, 2.24) is 0 Å². The standard InChI is InChI=1S/C16H15NO2.ClH/c1-19-16(18)14(12-7-3-2-4-8-12)11-13-9-5-6-10-15(13)17;/h2-11H,17H2,1H3;1H/b14-11+;. The molecule has 0 spiro atoms. The molecule has 0 saturated heterocycles. The molecule has 3 nitrogen and oxygen atoms in total. The highest BCUT2D eigenvalue weighted by Gasteiger charge is 2.13. The smallest absolute Gasteiger partial charge is 0.338 e. The summed E-state index contributed by atoms with van der Waals surface area (Å²) >= 11 is 0. The Labute approximate surface area is 124 Å². The van der Waals surface area contributed by atoms with Crippen molar-refractivity contribution in [3.63, 3.8) is 0 Å². The number of hydrogen-bond acceptors (Lipinski definition) is 2. The molecule has 4 heteroatoms. The van der Waals surface area contributed by atoms with Gasteiger partial charge in [-0.15, -0.1) is 0 Å². The van der Waals surface area contributed by atoms with Gasteiger partial charge < -0.3 is 22.9 Å². The maximum atomic E-state index is 11.9. The number of ether oxygens (including phenoxy) is 1. The Morgan fingerprint density at radius 1 is 1.05 bits per heavy atom. The van der Waals surface area contributed by atoms with Gasteiger partial charge >= 0.3 is 5.97 Å². The lowest BCUT2D eigenvalue weighted by Gasteiger charge is -2.06. The molecule has 2 rings (SSSR count). The SMILES string of the molecule is COC(=O)/C(=C/c1ccccc1[NH3+])c1ccccc1.[Cl-]. The Bertz CT molecular complexity index is 609. The van der Waals surface area contributed by atoms with E-state index in [1.807, 2.05) is 60.7 Å². The molecule has 2 aromatic rings. The molecule has 0 aliphatic carbocycles. The molecule has 3 N–H and O–H groups in total. The van der Waals surface area contributed by atoms with Gasteiger partial charge in [-0.3, -0.25) is 0 Å². The van der Waals surface area contributed by atoms with E-state index in [1.165, 1.54) is 7.11 Å². The summed E-state index contributed by atoms with van der Waals surface area (Å²) in [6, 6.07) is 17.1. The number of carbonyl (C=O) groups is 1. The fraction of sp³-hybridized carbons (Fsp3) is 0.0625. The summed E-state index contributed by atoms with van der Waals surface area (Å²) in [6.07, 6.45) is 1.81. The second-order valence-electron chi connectivity index (χ2n) is 4.11. The highest BCUT2D eigenvalue weighted by atomic mass is 35.5. The van der Waals surface area contributed by atoms with Crippen LogP contribution in [0, 0.1) is 0 Å². The average Bonchev–Trinajstić information content (AvgIpc) is 2.46. The minimum Gasteiger partial charge on any atom is -1.00 e. The van der Waals surface area contributed by atoms with Gasteiger partial charge in [0.2, 0.25) is 0 Å². The van der Waals surface area contributed by atoms with E-state index >= 15 is 0 Å². The van der Waals surface area contributed by atoms with E-state index in [0.717, 1.165) is 16.8 Å². The van der Waals surface area contributed by atoms with E-state index < -0.39 is 0 Å². The molecule has 0 unspecified atom stereocenters. The van der Waals surface area contributed by atoms with Crippen LogP contribution in [0.3, 0.4) is 0 Å². The molecular formula is C16H16ClNO2. The molecule has 0 atom stereocenters. The number of benzene rings is 2. The Morgan fingerprint density at radius 3 is 2.25 bits per heavy atom. The highest BCUT2D eigenvalue weighted by Crippen LogP contribution is 2.21. The van der Waals surface area contributed by atoms with Crippen molar-refractivity contribution in [3.8, 4) is 0 Å². The highest BCUT2D eigenvalue weighted by molar-refractivity contribution is 6.21. The van der Waals surface area contributed by atoms with Crippen LogP contribution in [0.15, 0.2) is 54.6 Å². The van der Waals surface area contributed by atoms with E-state index in [1.54, 1.807) is 0 Å². The third kappa shape index (κ3) is 3.70. The van der Waals surface area contributed by atoms with Crippen molar-refractivity contribution in [1.29, 1.82) is 0 Å². The van der Waals surface area contributed by atoms with Gasteiger partial charge in [-0.2, -0.15) is 0 Å². The van der Waals surface area contributed by atoms with Crippen molar-refractivity contribution in [3.05, 3.63) is 65.7 Å². The van der Waals surface area contributed by atoms with Crippen molar-refractivity contribution in [2.75, 3.05) is 7.11 Å². The van der Waals surface area contributed by atoms with Crippen LogP contribution in [-0.2, 0) is 9.53 Å². The monoisotopic (exact) mass is 289 g/mol. The van der Waals surface area contributed by atoms with Gasteiger partial charge in [0.15, 0.2) is 0 Å². The maximum absolute atomic E-state index is 11.9. The predicted molar refractivity (Wildman–Crippen MR) is 75.3 cm³/mol. The molecule has 104 valence electrons. The van der Waals surface area contributed by atoms with Crippen LogP contribution < -0.4 is 18.1 Å². The number of methoxy groups -OCH3 is 1. The zero-order valence-electron chi connectivity index (χ0n) is 11.2. The molecule has 0 aromatic heterocycles. The van der Waals surface area contributed by atoms with E-state index in [2.05, 4.69) is 5.73 Å². The van der Waals surface area contributed by atoms with E-state index in [4.69, 9.17) is 4.74 Å². The second-order valence-corrected chi connectivity index (χ2v) is 4.11. The third-order valence-corrected chi connectivity index (χ3v) is 2.85. The van der Waals surface area contributed by atoms with Gasteiger partial charge in [0.1, 0.15) is 5.69 Å². The first-order chi connectivity index (χ1) is 9.22.